The molecule has 4 aliphatic rings. The molecule has 2 nitrogen and oxygen atoms in total. The topological polar surface area (TPSA) is 29.1 Å². The molecule has 1 aliphatic heterocycles. The number of fused-ring (bicyclic) bond motifs is 5. The van der Waals surface area contributed by atoms with Gasteiger partial charge in [-0.2, -0.15) is 0 Å². The molecule has 0 spiro atoms. The van der Waals surface area contributed by atoms with E-state index in [4.69, 9.17) is 0 Å². The van der Waals surface area contributed by atoms with E-state index in [0.29, 0.717) is 11.5 Å². The van der Waals surface area contributed by atoms with Gasteiger partial charge in [0.2, 0.25) is 0 Å². The molecule has 0 bridgehead atoms. The van der Waals surface area contributed by atoms with E-state index in [9.17, 15) is 4.79 Å². The molecule has 0 aromatic rings. The first-order chi connectivity index (χ1) is 10.5. The van der Waals surface area contributed by atoms with Crippen molar-refractivity contribution < 1.29 is 20.6 Å². The van der Waals surface area contributed by atoms with E-state index in [2.05, 4.69) is 46.0 Å². The number of hydrogen-bond donors (Lipinski definition) is 1. The van der Waals surface area contributed by atoms with Crippen molar-refractivity contribution in [3.63, 3.8) is 0 Å². The third-order valence-corrected chi connectivity index (χ3v) is 8.44. The normalized spacial score (nSPS) is 53.2. The van der Waals surface area contributed by atoms with Crippen molar-refractivity contribution in [3.05, 3.63) is 12.2 Å². The third-order valence-electron chi connectivity index (χ3n) is 7.92. The molecule has 120 valence electrons. The summed E-state index contributed by atoms with van der Waals surface area (Å²) >= 11 is 3.19. The van der Waals surface area contributed by atoms with Gasteiger partial charge in [0.15, 0.2) is 0 Å². The van der Waals surface area contributed by atoms with Gasteiger partial charge in [0.1, 0.15) is 0 Å². The van der Waals surface area contributed by atoms with Gasteiger partial charge >= 0.3 is 142 Å². The minimum atomic E-state index is 0.110. The van der Waals surface area contributed by atoms with Crippen LogP contribution < -0.4 is 5.32 Å². The van der Waals surface area contributed by atoms with E-state index >= 15 is 0 Å². The van der Waals surface area contributed by atoms with Crippen molar-refractivity contribution in [2.75, 3.05) is 0 Å². The first kappa shape index (κ1) is 15.2. The van der Waals surface area contributed by atoms with Crippen LogP contribution in [0.1, 0.15) is 52.4 Å². The van der Waals surface area contributed by atoms with Gasteiger partial charge in [-0.15, -0.1) is 0 Å². The van der Waals surface area contributed by atoms with Gasteiger partial charge in [-0.3, -0.25) is 0 Å². The Balaban J connectivity index is 1.67. The summed E-state index contributed by atoms with van der Waals surface area (Å²) in [6.45, 7) is 4.95. The van der Waals surface area contributed by atoms with Crippen LogP contribution in [0.15, 0.2) is 12.2 Å². The van der Waals surface area contributed by atoms with Crippen molar-refractivity contribution in [2.24, 2.45) is 34.5 Å². The molecule has 0 aromatic carbocycles. The Morgan fingerprint density at radius 1 is 1.18 bits per heavy atom. The molecule has 1 heterocycles. The van der Waals surface area contributed by atoms with Gasteiger partial charge in [-0.1, -0.05) is 0 Å². The third kappa shape index (κ3) is 1.91. The Bertz CT molecular complexity index is 544. The zero-order chi connectivity index (χ0) is 15.5. The van der Waals surface area contributed by atoms with E-state index < -0.39 is 0 Å². The number of hydrogen-bond acceptors (Lipinski definition) is 1. The molecule has 3 saturated carbocycles. The quantitative estimate of drug-likeness (QED) is 0.782. The molecule has 3 aliphatic carbocycles. The van der Waals surface area contributed by atoms with Crippen molar-refractivity contribution in [2.45, 2.75) is 58.4 Å². The number of amides is 1. The second kappa shape index (κ2) is 5.05. The fraction of sp³-hybridized carbons (Fsp3) is 0.789. The molecule has 0 aromatic heterocycles. The van der Waals surface area contributed by atoms with Crippen molar-refractivity contribution in [3.8, 4) is 0 Å². The van der Waals surface area contributed by atoms with E-state index in [1.54, 1.807) is 6.08 Å². The molecular weight excluding hydrogens is 310 g/mol. The Hall–Kier alpha value is -0.388. The zero-order valence-electron chi connectivity index (χ0n) is 13.7. The van der Waals surface area contributed by atoms with E-state index in [-0.39, 0.29) is 11.3 Å². The molecule has 1 N–H and O–H groups in total. The second-order valence-electron chi connectivity index (χ2n) is 8.58. The molecule has 3 fully saturated rings. The fourth-order valence-electron chi connectivity index (χ4n) is 6.60. The van der Waals surface area contributed by atoms with Crippen LogP contribution in [0.3, 0.4) is 0 Å². The number of nitrogens with one attached hydrogen (secondary N) is 1. The molecule has 3 heteroatoms. The van der Waals surface area contributed by atoms with Crippen LogP contribution in [0.25, 0.3) is 0 Å². The number of carbonyl (C=O) groups is 1. The standard InChI is InChI=1S/C19H27NO.Cr/c1-12-4-6-14-13-5-7-16-19(3,11-9-17(21)20-16)15(13)8-10-18(12,14)2;/h1,9,11-16H,4-8,10H2,2-3H3,(H,20,21);/t12?,13?,14?,15?,16-,18?,19?;/m1./s1. The average molecular weight is 337 g/mol. The van der Waals surface area contributed by atoms with Crippen molar-refractivity contribution in [1.29, 1.82) is 0 Å². The van der Waals surface area contributed by atoms with Gasteiger partial charge in [0, 0.05) is 0 Å². The van der Waals surface area contributed by atoms with E-state index in [1.807, 2.05) is 0 Å². The Labute approximate surface area is 142 Å². The fourth-order valence-corrected chi connectivity index (χ4v) is 7.30. The van der Waals surface area contributed by atoms with Gasteiger partial charge in [-0.05, 0) is 0 Å². The van der Waals surface area contributed by atoms with E-state index in [1.165, 1.54) is 32.1 Å². The molecular formula is C19H27CrNO. The second-order valence-corrected chi connectivity index (χ2v) is 9.00. The molecule has 22 heavy (non-hydrogen) atoms. The SMILES string of the molecule is CC12CCC3C(CC[C@H]4NC(=O)C=CC34C)C1CCC2[CH]=[Cr]. The summed E-state index contributed by atoms with van der Waals surface area (Å²) < 4.78 is 0. The Kier molecular flexibility index (Phi) is 3.48. The van der Waals surface area contributed by atoms with Crippen LogP contribution in [-0.2, 0) is 20.6 Å². The Morgan fingerprint density at radius 3 is 2.77 bits per heavy atom. The molecule has 4 rings (SSSR count). The van der Waals surface area contributed by atoms with Crippen LogP contribution in [0.5, 0.6) is 0 Å². The van der Waals surface area contributed by atoms with Gasteiger partial charge in [0.25, 0.3) is 0 Å². The maximum absolute atomic E-state index is 11.7. The van der Waals surface area contributed by atoms with Gasteiger partial charge in [-0.25, -0.2) is 0 Å². The zero-order valence-corrected chi connectivity index (χ0v) is 15.0. The maximum atomic E-state index is 11.7. The molecule has 7 atom stereocenters. The summed E-state index contributed by atoms with van der Waals surface area (Å²) in [7, 11) is 0. The molecule has 0 saturated heterocycles. The predicted octanol–water partition coefficient (Wildman–Crippen LogP) is 3.25. The summed E-state index contributed by atoms with van der Waals surface area (Å²) in [5, 5.41) is 3.24. The van der Waals surface area contributed by atoms with Crippen LogP contribution in [0.4, 0.5) is 0 Å². The van der Waals surface area contributed by atoms with E-state index in [0.717, 1.165) is 30.1 Å². The summed E-state index contributed by atoms with van der Waals surface area (Å²) in [4.78, 5) is 14.1. The molecule has 0 radical (unpaired) electrons. The van der Waals surface area contributed by atoms with Crippen LogP contribution in [-0.4, -0.2) is 16.8 Å². The first-order valence-corrected chi connectivity index (χ1v) is 9.67. The van der Waals surface area contributed by atoms with Crippen molar-refractivity contribution >= 4 is 10.8 Å². The van der Waals surface area contributed by atoms with Gasteiger partial charge < -0.3 is 0 Å². The van der Waals surface area contributed by atoms with Crippen LogP contribution >= 0.6 is 0 Å². The summed E-state index contributed by atoms with van der Waals surface area (Å²) in [6.07, 6.45) is 12.0. The minimum absolute atomic E-state index is 0.110. The summed E-state index contributed by atoms with van der Waals surface area (Å²) in [5.41, 5.74) is 0.690. The van der Waals surface area contributed by atoms with Crippen LogP contribution in [0, 0.1) is 34.5 Å². The number of carbonyl (C=O) groups excluding carboxylic acids is 1. The summed E-state index contributed by atoms with van der Waals surface area (Å²) in [5.74, 6) is 3.36. The van der Waals surface area contributed by atoms with Crippen LogP contribution in [0.2, 0.25) is 0 Å². The Morgan fingerprint density at radius 2 is 2.00 bits per heavy atom. The average Bonchev–Trinajstić information content (AvgIpc) is 2.84. The summed E-state index contributed by atoms with van der Waals surface area (Å²) in [6, 6.07) is 0.360. The molecule has 6 unspecified atom stereocenters. The molecule has 1 amide bonds. The first-order valence-electron chi connectivity index (χ1n) is 8.94. The predicted molar refractivity (Wildman–Crippen MR) is 85.0 cm³/mol. The monoisotopic (exact) mass is 337 g/mol. The van der Waals surface area contributed by atoms with Crippen molar-refractivity contribution in [1.82, 2.24) is 5.32 Å². The van der Waals surface area contributed by atoms with Gasteiger partial charge in [0.05, 0.1) is 0 Å². The number of rotatable bonds is 1.